The lowest BCUT2D eigenvalue weighted by atomic mass is 10.0. The van der Waals surface area contributed by atoms with Gasteiger partial charge < -0.3 is 9.64 Å². The van der Waals surface area contributed by atoms with Crippen molar-refractivity contribution in [2.75, 3.05) is 11.4 Å². The maximum absolute atomic E-state index is 13.3. The Hall–Kier alpha value is -3.58. The Morgan fingerprint density at radius 1 is 1.12 bits per heavy atom. The normalized spacial score (nSPS) is 14.0. The summed E-state index contributed by atoms with van der Waals surface area (Å²) < 4.78 is 18.8. The molecule has 1 amide bonds. The highest BCUT2D eigenvalue weighted by atomic mass is 32.1. The van der Waals surface area contributed by atoms with Gasteiger partial charge >= 0.3 is 5.97 Å². The fourth-order valence-corrected chi connectivity index (χ4v) is 4.51. The number of carbonyl (C=O) groups is 3. The highest BCUT2D eigenvalue weighted by molar-refractivity contribution is 7.11. The Kier molecular flexibility index (Phi) is 6.51. The van der Waals surface area contributed by atoms with Gasteiger partial charge in [-0.1, -0.05) is 18.2 Å². The second-order valence-electron chi connectivity index (χ2n) is 7.76. The van der Waals surface area contributed by atoms with E-state index in [2.05, 4.69) is 0 Å². The molecule has 3 aromatic rings. The van der Waals surface area contributed by atoms with Crippen molar-refractivity contribution in [1.29, 1.82) is 0 Å². The molecule has 7 heteroatoms. The van der Waals surface area contributed by atoms with Crippen molar-refractivity contribution in [3.8, 4) is 0 Å². The molecule has 0 saturated carbocycles. The molecule has 2 aromatic carbocycles. The van der Waals surface area contributed by atoms with Crippen molar-refractivity contribution < 1.29 is 23.5 Å². The summed E-state index contributed by atoms with van der Waals surface area (Å²) in [6.45, 7) is 3.64. The third-order valence-electron chi connectivity index (χ3n) is 5.48. The molecule has 0 saturated heterocycles. The quantitative estimate of drug-likeness (QED) is 0.288. The maximum Gasteiger partial charge on any atom is 0.340 e. The number of carbonyl (C=O) groups excluding carboxylic acids is 3. The van der Waals surface area contributed by atoms with Gasteiger partial charge in [0.25, 0.3) is 0 Å². The highest BCUT2D eigenvalue weighted by Gasteiger charge is 2.26. The van der Waals surface area contributed by atoms with Crippen molar-refractivity contribution in [1.82, 2.24) is 0 Å². The number of ether oxygens (including phenoxy) is 1. The Bertz CT molecular complexity index is 1230. The molecule has 0 bridgehead atoms. The van der Waals surface area contributed by atoms with E-state index in [1.807, 2.05) is 11.4 Å². The number of anilines is 1. The first-order valence-corrected chi connectivity index (χ1v) is 11.4. The van der Waals surface area contributed by atoms with Crippen LogP contribution in [0.15, 0.2) is 60.0 Å². The van der Waals surface area contributed by atoms with Gasteiger partial charge in [-0.2, -0.15) is 0 Å². The van der Waals surface area contributed by atoms with Gasteiger partial charge in [-0.05, 0) is 72.3 Å². The molecule has 5 nitrogen and oxygen atoms in total. The van der Waals surface area contributed by atoms with Crippen LogP contribution < -0.4 is 4.90 Å². The molecule has 0 N–H and O–H groups in total. The zero-order valence-corrected chi connectivity index (χ0v) is 19.0. The summed E-state index contributed by atoms with van der Waals surface area (Å²) in [7, 11) is 0. The highest BCUT2D eigenvalue weighted by Crippen LogP contribution is 2.30. The van der Waals surface area contributed by atoms with E-state index in [9.17, 15) is 18.8 Å². The van der Waals surface area contributed by atoms with Gasteiger partial charge in [0.2, 0.25) is 11.7 Å². The molecule has 0 spiro atoms. The monoisotopic (exact) mass is 463 g/mol. The van der Waals surface area contributed by atoms with E-state index >= 15 is 0 Å². The number of rotatable bonds is 6. The number of esters is 1. The summed E-state index contributed by atoms with van der Waals surface area (Å²) in [6, 6.07) is 14.5. The number of nitrogens with zero attached hydrogens (tertiary/aromatic N) is 1. The van der Waals surface area contributed by atoms with Crippen LogP contribution in [0.2, 0.25) is 0 Å². The van der Waals surface area contributed by atoms with Crippen LogP contribution in [-0.2, 0) is 20.7 Å². The number of thiophene rings is 1. The Morgan fingerprint density at radius 3 is 2.55 bits per heavy atom. The molecule has 0 aliphatic carbocycles. The van der Waals surface area contributed by atoms with Gasteiger partial charge in [-0.15, -0.1) is 11.3 Å². The van der Waals surface area contributed by atoms with E-state index in [0.29, 0.717) is 34.5 Å². The van der Waals surface area contributed by atoms with Crippen molar-refractivity contribution in [2.24, 2.45) is 0 Å². The summed E-state index contributed by atoms with van der Waals surface area (Å²) >= 11 is 1.37. The number of hydrogen-bond acceptors (Lipinski definition) is 5. The number of hydrogen-bond donors (Lipinski definition) is 0. The summed E-state index contributed by atoms with van der Waals surface area (Å²) in [6.07, 6.45) is 1.29. The van der Waals surface area contributed by atoms with E-state index in [1.54, 1.807) is 54.3 Å². The van der Waals surface area contributed by atoms with Gasteiger partial charge in [0.1, 0.15) is 5.82 Å². The first-order chi connectivity index (χ1) is 15.8. The molecule has 2 heterocycles. The average molecular weight is 464 g/mol. The zero-order chi connectivity index (χ0) is 23.5. The van der Waals surface area contributed by atoms with Crippen molar-refractivity contribution >= 4 is 46.3 Å². The lowest BCUT2D eigenvalue weighted by Gasteiger charge is -2.16. The van der Waals surface area contributed by atoms with Gasteiger partial charge in [0.15, 0.2) is 6.10 Å². The summed E-state index contributed by atoms with van der Waals surface area (Å²) in [5.41, 5.74) is 3.10. The lowest BCUT2D eigenvalue weighted by Crippen LogP contribution is -2.26. The van der Waals surface area contributed by atoms with Crippen molar-refractivity contribution in [3.63, 3.8) is 0 Å². The first-order valence-electron chi connectivity index (χ1n) is 10.5. The second kappa shape index (κ2) is 9.50. The predicted molar refractivity (Wildman–Crippen MR) is 127 cm³/mol. The van der Waals surface area contributed by atoms with Crippen LogP contribution in [0.3, 0.4) is 0 Å². The molecule has 1 unspecified atom stereocenters. The molecular formula is C26H22FNO4S. The largest absolute Gasteiger partial charge is 0.451 e. The van der Waals surface area contributed by atoms with Crippen LogP contribution in [-0.4, -0.2) is 30.3 Å². The number of amides is 1. The second-order valence-corrected chi connectivity index (χ2v) is 8.71. The van der Waals surface area contributed by atoms with Crippen molar-refractivity contribution in [3.05, 3.63) is 87.4 Å². The van der Waals surface area contributed by atoms with Crippen molar-refractivity contribution in [2.45, 2.75) is 26.4 Å². The van der Waals surface area contributed by atoms with E-state index in [1.165, 1.54) is 30.4 Å². The maximum atomic E-state index is 13.3. The lowest BCUT2D eigenvalue weighted by molar-refractivity contribution is -0.139. The smallest absolute Gasteiger partial charge is 0.340 e. The molecule has 1 aliphatic rings. The van der Waals surface area contributed by atoms with Crippen LogP contribution >= 0.6 is 11.3 Å². The van der Waals surface area contributed by atoms with E-state index in [4.69, 9.17) is 4.74 Å². The molecular weight excluding hydrogens is 441 g/mol. The molecule has 168 valence electrons. The summed E-state index contributed by atoms with van der Waals surface area (Å²) in [5, 5.41) is 1.84. The Balaban J connectivity index is 1.53. The molecule has 1 aromatic heterocycles. The SMILES string of the molecule is CC(=O)N1CCc2cc(C(=O)C(C)OC(=O)C(=Cc3ccc(F)cc3)c3cccs3)ccc21. The van der Waals surface area contributed by atoms with Crippen LogP contribution in [0.5, 0.6) is 0 Å². The van der Waals surface area contributed by atoms with E-state index in [-0.39, 0.29) is 17.5 Å². The molecule has 4 rings (SSSR count). The van der Waals surface area contributed by atoms with Gasteiger partial charge in [-0.3, -0.25) is 9.59 Å². The van der Waals surface area contributed by atoms with Gasteiger partial charge in [0.05, 0.1) is 5.57 Å². The van der Waals surface area contributed by atoms with Crippen LogP contribution in [0, 0.1) is 5.82 Å². The van der Waals surface area contributed by atoms with Gasteiger partial charge in [0, 0.05) is 29.6 Å². The van der Waals surface area contributed by atoms with Crippen LogP contribution in [0.4, 0.5) is 10.1 Å². The Labute approximate surface area is 195 Å². The molecule has 1 aliphatic heterocycles. The third-order valence-corrected chi connectivity index (χ3v) is 6.38. The third kappa shape index (κ3) is 4.93. The minimum atomic E-state index is -1.00. The molecule has 0 fully saturated rings. The minimum absolute atomic E-state index is 0.0378. The number of benzene rings is 2. The molecule has 0 radical (unpaired) electrons. The molecule has 1 atom stereocenters. The fraction of sp³-hybridized carbons (Fsp3) is 0.192. The number of halogens is 1. The van der Waals surface area contributed by atoms with E-state index in [0.717, 1.165) is 11.3 Å². The van der Waals surface area contributed by atoms with Crippen LogP contribution in [0.25, 0.3) is 11.6 Å². The minimum Gasteiger partial charge on any atom is -0.451 e. The fourth-order valence-electron chi connectivity index (χ4n) is 3.78. The number of fused-ring (bicyclic) bond motifs is 1. The number of ketones is 1. The first kappa shape index (κ1) is 22.6. The predicted octanol–water partition coefficient (Wildman–Crippen LogP) is 5.15. The van der Waals surface area contributed by atoms with E-state index < -0.39 is 12.1 Å². The topological polar surface area (TPSA) is 63.7 Å². The summed E-state index contributed by atoms with van der Waals surface area (Å²) in [4.78, 5) is 40.1. The average Bonchev–Trinajstić information content (AvgIpc) is 3.47. The van der Waals surface area contributed by atoms with Gasteiger partial charge in [-0.25, -0.2) is 9.18 Å². The standard InChI is InChI=1S/C26H22FNO4S/c1-16(25(30)20-7-10-23-19(15-20)11-12-28(23)17(2)29)32-26(31)22(24-4-3-13-33-24)14-18-5-8-21(27)9-6-18/h3-10,13-16H,11-12H2,1-2H3. The number of Topliss-reactive ketones (excluding diaryl/α,β-unsaturated/α-hetero) is 1. The molecule has 33 heavy (non-hydrogen) atoms. The summed E-state index contributed by atoms with van der Waals surface area (Å²) in [5.74, 6) is -1.36. The Morgan fingerprint density at radius 2 is 1.88 bits per heavy atom. The zero-order valence-electron chi connectivity index (χ0n) is 18.2. The van der Waals surface area contributed by atoms with Crippen LogP contribution in [0.1, 0.15) is 40.2 Å².